The van der Waals surface area contributed by atoms with E-state index in [1.165, 1.54) is 11.1 Å². The highest BCUT2D eigenvalue weighted by Crippen LogP contribution is 2.33. The van der Waals surface area contributed by atoms with E-state index in [-0.39, 0.29) is 0 Å². The summed E-state index contributed by atoms with van der Waals surface area (Å²) in [5, 5.41) is 0. The van der Waals surface area contributed by atoms with Gasteiger partial charge in [0.2, 0.25) is 0 Å². The van der Waals surface area contributed by atoms with Gasteiger partial charge in [-0.05, 0) is 24.6 Å². The SMILES string of the molecule is C=C1Cc2c(N)nc(OCCCC)nc2N(Cc2cccc(CN3CCN(C)CC3)c2)C1. The van der Waals surface area contributed by atoms with Crippen molar-refractivity contribution in [1.29, 1.82) is 0 Å². The molecule has 0 atom stereocenters. The Hall–Kier alpha value is -2.64. The predicted octanol–water partition coefficient (Wildman–Crippen LogP) is 3.10. The van der Waals surface area contributed by atoms with Crippen molar-refractivity contribution in [3.05, 3.63) is 53.1 Å². The van der Waals surface area contributed by atoms with E-state index < -0.39 is 0 Å². The minimum absolute atomic E-state index is 0.371. The number of fused-ring (bicyclic) bond motifs is 1. The van der Waals surface area contributed by atoms with Crippen LogP contribution in [0.5, 0.6) is 6.01 Å². The van der Waals surface area contributed by atoms with E-state index in [1.54, 1.807) is 0 Å². The molecule has 3 heterocycles. The van der Waals surface area contributed by atoms with Crippen LogP contribution in [0.3, 0.4) is 0 Å². The van der Waals surface area contributed by atoms with Crippen molar-refractivity contribution in [1.82, 2.24) is 19.8 Å². The molecule has 0 amide bonds. The van der Waals surface area contributed by atoms with E-state index in [1.807, 2.05) is 0 Å². The second-order valence-electron chi connectivity index (χ2n) is 9.08. The third-order valence-corrected chi connectivity index (χ3v) is 6.23. The van der Waals surface area contributed by atoms with Gasteiger partial charge in [0.1, 0.15) is 11.6 Å². The molecule has 172 valence electrons. The van der Waals surface area contributed by atoms with E-state index in [0.29, 0.717) is 18.4 Å². The van der Waals surface area contributed by atoms with Crippen LogP contribution < -0.4 is 15.4 Å². The number of aromatic nitrogens is 2. The summed E-state index contributed by atoms with van der Waals surface area (Å²) >= 11 is 0. The van der Waals surface area contributed by atoms with Gasteiger partial charge >= 0.3 is 6.01 Å². The summed E-state index contributed by atoms with van der Waals surface area (Å²) in [7, 11) is 2.19. The van der Waals surface area contributed by atoms with Crippen LogP contribution in [0.1, 0.15) is 36.5 Å². The molecule has 0 unspecified atom stereocenters. The molecule has 2 aliphatic heterocycles. The summed E-state index contributed by atoms with van der Waals surface area (Å²) in [6.45, 7) is 14.0. The summed E-state index contributed by atoms with van der Waals surface area (Å²) in [5.41, 5.74) is 11.0. The molecule has 1 saturated heterocycles. The fourth-order valence-corrected chi connectivity index (χ4v) is 4.36. The van der Waals surface area contributed by atoms with Crippen LogP contribution in [0.15, 0.2) is 36.4 Å². The van der Waals surface area contributed by atoms with Crippen molar-refractivity contribution in [2.24, 2.45) is 0 Å². The molecule has 1 fully saturated rings. The van der Waals surface area contributed by atoms with Crippen molar-refractivity contribution < 1.29 is 4.74 Å². The lowest BCUT2D eigenvalue weighted by Crippen LogP contribution is -2.43. The molecule has 2 aliphatic rings. The van der Waals surface area contributed by atoms with Gasteiger partial charge in [-0.3, -0.25) is 4.90 Å². The van der Waals surface area contributed by atoms with Gasteiger partial charge in [-0.15, -0.1) is 0 Å². The van der Waals surface area contributed by atoms with Crippen LogP contribution >= 0.6 is 0 Å². The number of nitrogen functional groups attached to an aromatic ring is 1. The Morgan fingerprint density at radius 3 is 2.59 bits per heavy atom. The van der Waals surface area contributed by atoms with Crippen LogP contribution in [0.2, 0.25) is 0 Å². The maximum absolute atomic E-state index is 6.29. The fraction of sp³-hybridized carbons (Fsp3) is 0.520. The van der Waals surface area contributed by atoms with Crippen LogP contribution in [0, 0.1) is 0 Å². The number of piperazine rings is 1. The van der Waals surface area contributed by atoms with Gasteiger partial charge in [-0.25, -0.2) is 0 Å². The molecular formula is C25H36N6O. The van der Waals surface area contributed by atoms with Crippen LogP contribution in [-0.2, 0) is 19.5 Å². The van der Waals surface area contributed by atoms with E-state index in [2.05, 4.69) is 64.5 Å². The monoisotopic (exact) mass is 436 g/mol. The van der Waals surface area contributed by atoms with Crippen LogP contribution in [0.4, 0.5) is 11.6 Å². The molecule has 1 aromatic heterocycles. The summed E-state index contributed by atoms with van der Waals surface area (Å²) in [5.74, 6) is 1.37. The molecule has 0 bridgehead atoms. The van der Waals surface area contributed by atoms with E-state index in [0.717, 1.165) is 82.0 Å². The molecule has 4 rings (SSSR count). The largest absolute Gasteiger partial charge is 0.463 e. The maximum Gasteiger partial charge on any atom is 0.320 e. The first-order valence-electron chi connectivity index (χ1n) is 11.7. The third-order valence-electron chi connectivity index (χ3n) is 6.23. The van der Waals surface area contributed by atoms with E-state index >= 15 is 0 Å². The average molecular weight is 437 g/mol. The molecule has 32 heavy (non-hydrogen) atoms. The first kappa shape index (κ1) is 22.6. The Balaban J connectivity index is 1.50. The average Bonchev–Trinajstić information content (AvgIpc) is 2.77. The Kier molecular flexibility index (Phi) is 7.27. The lowest BCUT2D eigenvalue weighted by Gasteiger charge is -2.33. The van der Waals surface area contributed by atoms with Crippen molar-refractivity contribution in [3.63, 3.8) is 0 Å². The molecule has 0 saturated carbocycles. The van der Waals surface area contributed by atoms with Gasteiger partial charge in [-0.1, -0.05) is 49.8 Å². The fourth-order valence-electron chi connectivity index (χ4n) is 4.36. The number of nitrogens with zero attached hydrogens (tertiary/aromatic N) is 5. The molecular weight excluding hydrogens is 400 g/mol. The zero-order valence-electron chi connectivity index (χ0n) is 19.5. The van der Waals surface area contributed by atoms with E-state index in [4.69, 9.17) is 15.5 Å². The van der Waals surface area contributed by atoms with Crippen molar-refractivity contribution in [2.75, 3.05) is 57.0 Å². The number of unbranched alkanes of at least 4 members (excludes halogenated alkanes) is 1. The predicted molar refractivity (Wildman–Crippen MR) is 130 cm³/mol. The number of nitrogens with two attached hydrogens (primary N) is 1. The number of likely N-dealkylation sites (N-methyl/N-ethyl adjacent to an activating group) is 1. The first-order valence-corrected chi connectivity index (χ1v) is 11.7. The first-order chi connectivity index (χ1) is 15.5. The number of hydrogen-bond donors (Lipinski definition) is 1. The quantitative estimate of drug-likeness (QED) is 0.504. The van der Waals surface area contributed by atoms with Gasteiger partial charge in [0.15, 0.2) is 0 Å². The van der Waals surface area contributed by atoms with Gasteiger partial charge < -0.3 is 20.3 Å². The minimum atomic E-state index is 0.371. The van der Waals surface area contributed by atoms with Crippen molar-refractivity contribution in [2.45, 2.75) is 39.3 Å². The number of hydrogen-bond acceptors (Lipinski definition) is 7. The molecule has 2 N–H and O–H groups in total. The van der Waals surface area contributed by atoms with Gasteiger partial charge in [-0.2, -0.15) is 9.97 Å². The number of ether oxygens (including phenoxy) is 1. The highest BCUT2D eigenvalue weighted by atomic mass is 16.5. The zero-order valence-corrected chi connectivity index (χ0v) is 19.5. The molecule has 0 aliphatic carbocycles. The summed E-state index contributed by atoms with van der Waals surface area (Å²) in [6.07, 6.45) is 2.76. The Labute approximate surface area is 191 Å². The minimum Gasteiger partial charge on any atom is -0.463 e. The summed E-state index contributed by atoms with van der Waals surface area (Å²) < 4.78 is 5.77. The molecule has 2 aromatic rings. The number of anilines is 2. The van der Waals surface area contributed by atoms with Crippen LogP contribution in [-0.4, -0.2) is 66.1 Å². The molecule has 1 aromatic carbocycles. The Bertz CT molecular complexity index is 938. The summed E-state index contributed by atoms with van der Waals surface area (Å²) in [6, 6.07) is 9.27. The van der Waals surface area contributed by atoms with E-state index in [9.17, 15) is 0 Å². The highest BCUT2D eigenvalue weighted by Gasteiger charge is 2.25. The van der Waals surface area contributed by atoms with Gasteiger partial charge in [0, 0.05) is 57.8 Å². The third kappa shape index (κ3) is 5.58. The number of rotatable bonds is 8. The van der Waals surface area contributed by atoms with Gasteiger partial charge in [0.05, 0.1) is 6.61 Å². The van der Waals surface area contributed by atoms with Crippen LogP contribution in [0.25, 0.3) is 0 Å². The smallest absolute Gasteiger partial charge is 0.320 e. The Morgan fingerprint density at radius 1 is 1.09 bits per heavy atom. The second-order valence-corrected chi connectivity index (χ2v) is 9.08. The highest BCUT2D eigenvalue weighted by molar-refractivity contribution is 5.62. The molecule has 7 nitrogen and oxygen atoms in total. The molecule has 0 spiro atoms. The lowest BCUT2D eigenvalue weighted by atomic mass is 10.0. The molecule has 7 heteroatoms. The standard InChI is InChI=1S/C25H36N6O/c1-4-5-13-32-25-27-23(26)22-14-19(2)16-31(24(22)28-25)18-21-8-6-7-20(15-21)17-30-11-9-29(3)10-12-30/h6-8,15H,2,4-5,9-14,16-18H2,1,3H3,(H2,26,27,28). The summed E-state index contributed by atoms with van der Waals surface area (Å²) in [4.78, 5) is 16.3. The molecule has 0 radical (unpaired) electrons. The second kappa shape index (κ2) is 10.3. The topological polar surface area (TPSA) is 70.7 Å². The Morgan fingerprint density at radius 2 is 1.84 bits per heavy atom. The normalized spacial score (nSPS) is 17.4. The lowest BCUT2D eigenvalue weighted by molar-refractivity contribution is 0.148. The zero-order chi connectivity index (χ0) is 22.5. The maximum atomic E-state index is 6.29. The van der Waals surface area contributed by atoms with Crippen molar-refractivity contribution >= 4 is 11.6 Å². The van der Waals surface area contributed by atoms with Crippen molar-refractivity contribution in [3.8, 4) is 6.01 Å². The number of benzene rings is 1. The van der Waals surface area contributed by atoms with Gasteiger partial charge in [0.25, 0.3) is 0 Å².